The Morgan fingerprint density at radius 2 is 2.29 bits per heavy atom. The van der Waals surface area contributed by atoms with E-state index in [2.05, 4.69) is 28.2 Å². The number of aromatic nitrogens is 3. The van der Waals surface area contributed by atoms with Crippen LogP contribution in [0.4, 0.5) is 0 Å². The molecule has 0 bridgehead atoms. The second-order valence-electron chi connectivity index (χ2n) is 4.16. The highest BCUT2D eigenvalue weighted by molar-refractivity contribution is 5.42. The predicted molar refractivity (Wildman–Crippen MR) is 67.7 cm³/mol. The lowest BCUT2D eigenvalue weighted by Crippen LogP contribution is -2.20. The van der Waals surface area contributed by atoms with E-state index in [1.165, 1.54) is 0 Å². The normalized spacial score (nSPS) is 12.6. The molecule has 4 nitrogen and oxygen atoms in total. The minimum Gasteiger partial charge on any atom is -0.299 e. The van der Waals surface area contributed by atoms with Crippen LogP contribution >= 0.6 is 0 Å². The lowest BCUT2D eigenvalue weighted by Gasteiger charge is -2.15. The smallest absolute Gasteiger partial charge is 0.155 e. The van der Waals surface area contributed by atoms with Gasteiger partial charge in [0.1, 0.15) is 0 Å². The number of rotatable bonds is 3. The van der Waals surface area contributed by atoms with Crippen molar-refractivity contribution in [1.29, 1.82) is 0 Å². The highest BCUT2D eigenvalue weighted by Crippen LogP contribution is 2.17. The molecule has 0 spiro atoms. The van der Waals surface area contributed by atoms with Gasteiger partial charge in [0.2, 0.25) is 0 Å². The van der Waals surface area contributed by atoms with E-state index in [0.717, 1.165) is 22.6 Å². The van der Waals surface area contributed by atoms with Crippen molar-refractivity contribution >= 4 is 5.65 Å². The second-order valence-corrected chi connectivity index (χ2v) is 4.16. The largest absolute Gasteiger partial charge is 0.299 e. The van der Waals surface area contributed by atoms with Crippen molar-refractivity contribution in [2.24, 2.45) is 0 Å². The number of terminal acetylenes is 1. The molecule has 1 N–H and O–H groups in total. The lowest BCUT2D eigenvalue weighted by molar-refractivity contribution is 0.609. The highest BCUT2D eigenvalue weighted by atomic mass is 15.3. The van der Waals surface area contributed by atoms with Gasteiger partial charge in [-0.2, -0.15) is 5.10 Å². The Bertz CT molecular complexity index is 577. The molecule has 0 aliphatic rings. The first kappa shape index (κ1) is 11.6. The van der Waals surface area contributed by atoms with E-state index in [1.54, 1.807) is 0 Å². The van der Waals surface area contributed by atoms with Gasteiger partial charge in [-0.3, -0.25) is 5.32 Å². The molecule has 4 heteroatoms. The maximum absolute atomic E-state index is 5.24. The molecular formula is C13H16N4. The number of nitrogens with zero attached hydrogens (tertiary/aromatic N) is 3. The number of nitrogens with one attached hydrogen (secondary N) is 1. The molecule has 1 atom stereocenters. The second kappa shape index (κ2) is 4.56. The maximum Gasteiger partial charge on any atom is 0.155 e. The molecule has 0 saturated heterocycles. The molecule has 1 unspecified atom stereocenters. The fourth-order valence-electron chi connectivity index (χ4n) is 1.92. The SMILES string of the molecule is C#CCNC(C)c1cnc2cc(C)nn2c1C. The van der Waals surface area contributed by atoms with Crippen LogP contribution in [0.1, 0.15) is 29.9 Å². The Labute approximate surface area is 101 Å². The number of fused-ring (bicyclic) bond motifs is 1. The monoisotopic (exact) mass is 228 g/mol. The lowest BCUT2D eigenvalue weighted by atomic mass is 10.1. The third-order valence-electron chi connectivity index (χ3n) is 2.86. The molecule has 17 heavy (non-hydrogen) atoms. The van der Waals surface area contributed by atoms with Crippen LogP contribution in [0, 0.1) is 26.2 Å². The van der Waals surface area contributed by atoms with Crippen molar-refractivity contribution in [3.05, 3.63) is 29.2 Å². The van der Waals surface area contributed by atoms with Gasteiger partial charge >= 0.3 is 0 Å². The van der Waals surface area contributed by atoms with E-state index in [0.29, 0.717) is 6.54 Å². The summed E-state index contributed by atoms with van der Waals surface area (Å²) >= 11 is 0. The average molecular weight is 228 g/mol. The molecule has 0 saturated carbocycles. The van der Waals surface area contributed by atoms with Crippen molar-refractivity contribution in [2.75, 3.05) is 6.54 Å². The highest BCUT2D eigenvalue weighted by Gasteiger charge is 2.11. The first-order valence-corrected chi connectivity index (χ1v) is 5.62. The van der Waals surface area contributed by atoms with Gasteiger partial charge in [0.15, 0.2) is 5.65 Å². The number of aryl methyl sites for hydroxylation is 2. The summed E-state index contributed by atoms with van der Waals surface area (Å²) in [6.07, 6.45) is 7.13. The molecule has 0 aliphatic carbocycles. The zero-order chi connectivity index (χ0) is 12.4. The van der Waals surface area contributed by atoms with Gasteiger partial charge in [0.05, 0.1) is 12.2 Å². The molecule has 0 radical (unpaired) electrons. The van der Waals surface area contributed by atoms with Crippen LogP contribution in [0.15, 0.2) is 12.3 Å². The fraction of sp³-hybridized carbons (Fsp3) is 0.385. The van der Waals surface area contributed by atoms with Crippen molar-refractivity contribution in [3.8, 4) is 12.3 Å². The zero-order valence-electron chi connectivity index (χ0n) is 10.4. The Morgan fingerprint density at radius 1 is 1.53 bits per heavy atom. The van der Waals surface area contributed by atoms with E-state index in [9.17, 15) is 0 Å². The Morgan fingerprint density at radius 3 is 3.00 bits per heavy atom. The van der Waals surface area contributed by atoms with Crippen molar-refractivity contribution in [3.63, 3.8) is 0 Å². The van der Waals surface area contributed by atoms with E-state index in [-0.39, 0.29) is 6.04 Å². The van der Waals surface area contributed by atoms with Crippen LogP contribution in [-0.4, -0.2) is 21.1 Å². The molecular weight excluding hydrogens is 212 g/mol. The molecule has 0 aromatic carbocycles. The van der Waals surface area contributed by atoms with E-state index in [4.69, 9.17) is 6.42 Å². The summed E-state index contributed by atoms with van der Waals surface area (Å²) in [5.41, 5.74) is 4.07. The predicted octanol–water partition coefficient (Wildman–Crippen LogP) is 1.63. The molecule has 2 aromatic rings. The molecule has 2 aromatic heterocycles. The average Bonchev–Trinajstić information content (AvgIpc) is 2.68. The van der Waals surface area contributed by atoms with Gasteiger partial charge < -0.3 is 0 Å². The number of hydrogen-bond donors (Lipinski definition) is 1. The molecule has 0 aliphatic heterocycles. The van der Waals surface area contributed by atoms with Crippen LogP contribution in [0.3, 0.4) is 0 Å². The van der Waals surface area contributed by atoms with E-state index < -0.39 is 0 Å². The van der Waals surface area contributed by atoms with E-state index in [1.807, 2.05) is 30.6 Å². The minimum atomic E-state index is 0.174. The Kier molecular flexibility index (Phi) is 3.12. The summed E-state index contributed by atoms with van der Waals surface area (Å²) in [6, 6.07) is 2.14. The van der Waals surface area contributed by atoms with Crippen molar-refractivity contribution in [2.45, 2.75) is 26.8 Å². The Hall–Kier alpha value is -1.86. The van der Waals surface area contributed by atoms with Crippen LogP contribution < -0.4 is 5.32 Å². The van der Waals surface area contributed by atoms with Gasteiger partial charge in [-0.25, -0.2) is 9.50 Å². The first-order valence-electron chi connectivity index (χ1n) is 5.62. The molecule has 0 amide bonds. The third kappa shape index (κ3) is 2.15. The number of hydrogen-bond acceptors (Lipinski definition) is 3. The zero-order valence-corrected chi connectivity index (χ0v) is 10.4. The topological polar surface area (TPSA) is 42.2 Å². The summed E-state index contributed by atoms with van der Waals surface area (Å²) in [5.74, 6) is 2.58. The minimum absolute atomic E-state index is 0.174. The summed E-state index contributed by atoms with van der Waals surface area (Å²) < 4.78 is 1.87. The van der Waals surface area contributed by atoms with Crippen molar-refractivity contribution < 1.29 is 0 Å². The Balaban J connectivity index is 2.41. The van der Waals surface area contributed by atoms with Crippen LogP contribution in [0.5, 0.6) is 0 Å². The third-order valence-corrected chi connectivity index (χ3v) is 2.86. The van der Waals surface area contributed by atoms with Gasteiger partial charge in [0.25, 0.3) is 0 Å². The van der Waals surface area contributed by atoms with Gasteiger partial charge in [-0.15, -0.1) is 6.42 Å². The summed E-state index contributed by atoms with van der Waals surface area (Å²) in [4.78, 5) is 4.40. The van der Waals surface area contributed by atoms with Crippen LogP contribution in [-0.2, 0) is 0 Å². The van der Waals surface area contributed by atoms with Gasteiger partial charge in [0, 0.05) is 29.6 Å². The van der Waals surface area contributed by atoms with Gasteiger partial charge in [-0.1, -0.05) is 5.92 Å². The summed E-state index contributed by atoms with van der Waals surface area (Å²) in [6.45, 7) is 6.64. The van der Waals surface area contributed by atoms with Crippen LogP contribution in [0.2, 0.25) is 0 Å². The molecule has 2 rings (SSSR count). The fourth-order valence-corrected chi connectivity index (χ4v) is 1.92. The molecule has 88 valence electrons. The maximum atomic E-state index is 5.24. The summed E-state index contributed by atoms with van der Waals surface area (Å²) in [5, 5.41) is 7.67. The molecule has 0 fully saturated rings. The van der Waals surface area contributed by atoms with Gasteiger partial charge in [-0.05, 0) is 20.8 Å². The summed E-state index contributed by atoms with van der Waals surface area (Å²) in [7, 11) is 0. The quantitative estimate of drug-likeness (QED) is 0.812. The van der Waals surface area contributed by atoms with E-state index >= 15 is 0 Å². The first-order chi connectivity index (χ1) is 8.13. The standard InChI is InChI=1S/C13H16N4/c1-5-6-14-10(3)12-8-15-13-7-9(2)16-17(13)11(12)4/h1,7-8,10,14H,6H2,2-4H3. The van der Waals surface area contributed by atoms with Crippen molar-refractivity contribution in [1.82, 2.24) is 19.9 Å². The van der Waals surface area contributed by atoms with Crippen LogP contribution in [0.25, 0.3) is 5.65 Å². The molecule has 2 heterocycles.